The molecular weight excluding hydrogens is 278 g/mol. The van der Waals surface area contributed by atoms with Crippen molar-refractivity contribution >= 4 is 23.5 Å². The Morgan fingerprint density at radius 1 is 1.43 bits per heavy atom. The zero-order valence-electron chi connectivity index (χ0n) is 12.1. The first-order chi connectivity index (χ1) is 9.75. The highest BCUT2D eigenvalue weighted by Crippen LogP contribution is 2.17. The van der Waals surface area contributed by atoms with Crippen LogP contribution in [-0.2, 0) is 23.9 Å². The summed E-state index contributed by atoms with van der Waals surface area (Å²) in [5.74, 6) is -2.35. The van der Waals surface area contributed by atoms with E-state index in [4.69, 9.17) is 16.2 Å². The van der Waals surface area contributed by atoms with E-state index in [0.29, 0.717) is 12.8 Å². The van der Waals surface area contributed by atoms with Gasteiger partial charge in [-0.25, -0.2) is 0 Å². The van der Waals surface area contributed by atoms with Crippen molar-refractivity contribution in [2.24, 2.45) is 17.4 Å². The van der Waals surface area contributed by atoms with Gasteiger partial charge in [-0.15, -0.1) is 0 Å². The number of rotatable bonds is 7. The average Bonchev–Trinajstić information content (AvgIpc) is 2.79. The van der Waals surface area contributed by atoms with E-state index < -0.39 is 29.9 Å². The third kappa shape index (κ3) is 4.25. The molecule has 1 radical (unpaired) electrons. The summed E-state index contributed by atoms with van der Waals surface area (Å²) in [4.78, 5) is 46.9. The molecule has 3 unspecified atom stereocenters. The summed E-state index contributed by atoms with van der Waals surface area (Å²) < 4.78 is 4.99. The molecule has 21 heavy (non-hydrogen) atoms. The normalized spacial score (nSPS) is 22.9. The SMILES string of the molecule is CC(CC[CH]C(=O)N(C)C1C(=O)COC1C(N)=O)C(N)=O. The van der Waals surface area contributed by atoms with E-state index in [1.807, 2.05) is 0 Å². The van der Waals surface area contributed by atoms with E-state index in [0.717, 1.165) is 4.90 Å². The maximum Gasteiger partial charge on any atom is 0.249 e. The lowest BCUT2D eigenvalue weighted by atomic mass is 10.0. The molecule has 8 nitrogen and oxygen atoms in total. The number of carbonyl (C=O) groups is 4. The lowest BCUT2D eigenvalue weighted by molar-refractivity contribution is -0.137. The monoisotopic (exact) mass is 298 g/mol. The van der Waals surface area contributed by atoms with Crippen LogP contribution in [0.2, 0.25) is 0 Å². The van der Waals surface area contributed by atoms with Gasteiger partial charge in [-0.3, -0.25) is 19.2 Å². The van der Waals surface area contributed by atoms with Gasteiger partial charge in [0.05, 0.1) is 0 Å². The maximum absolute atomic E-state index is 12.0. The number of hydrogen-bond acceptors (Lipinski definition) is 5. The third-order valence-electron chi connectivity index (χ3n) is 3.47. The Kier molecular flexibility index (Phi) is 5.83. The second-order valence-corrected chi connectivity index (χ2v) is 5.08. The molecule has 1 heterocycles. The van der Waals surface area contributed by atoms with Crippen LogP contribution in [0.1, 0.15) is 19.8 Å². The molecule has 0 aliphatic carbocycles. The zero-order chi connectivity index (χ0) is 16.2. The highest BCUT2D eigenvalue weighted by Gasteiger charge is 2.43. The molecule has 4 N–H and O–H groups in total. The summed E-state index contributed by atoms with van der Waals surface area (Å²) in [7, 11) is 1.41. The van der Waals surface area contributed by atoms with Crippen LogP contribution in [0.3, 0.4) is 0 Å². The van der Waals surface area contributed by atoms with Crippen LogP contribution in [0.5, 0.6) is 0 Å². The topological polar surface area (TPSA) is 133 Å². The molecule has 117 valence electrons. The number of nitrogens with zero attached hydrogens (tertiary/aromatic N) is 1. The molecule has 0 aromatic heterocycles. The first-order valence-corrected chi connectivity index (χ1v) is 6.58. The maximum atomic E-state index is 12.0. The first kappa shape index (κ1) is 17.1. The summed E-state index contributed by atoms with van der Waals surface area (Å²) >= 11 is 0. The fourth-order valence-electron chi connectivity index (χ4n) is 2.05. The van der Waals surface area contributed by atoms with Gasteiger partial charge in [-0.2, -0.15) is 0 Å². The van der Waals surface area contributed by atoms with E-state index >= 15 is 0 Å². The molecule has 3 atom stereocenters. The molecule has 1 aliphatic rings. The van der Waals surface area contributed by atoms with E-state index in [1.165, 1.54) is 13.5 Å². The minimum absolute atomic E-state index is 0.241. The summed E-state index contributed by atoms with van der Waals surface area (Å²) in [5, 5.41) is 0. The molecule has 1 aliphatic heterocycles. The van der Waals surface area contributed by atoms with Gasteiger partial charge in [0.1, 0.15) is 12.6 Å². The molecule has 0 bridgehead atoms. The van der Waals surface area contributed by atoms with E-state index in [9.17, 15) is 19.2 Å². The predicted octanol–water partition coefficient (Wildman–Crippen LogP) is -1.63. The van der Waals surface area contributed by atoms with Gasteiger partial charge in [-0.1, -0.05) is 6.92 Å². The Labute approximate surface area is 122 Å². The van der Waals surface area contributed by atoms with Crippen molar-refractivity contribution in [2.75, 3.05) is 13.7 Å². The molecule has 0 aromatic carbocycles. The average molecular weight is 298 g/mol. The zero-order valence-corrected chi connectivity index (χ0v) is 12.1. The molecule has 1 fully saturated rings. The highest BCUT2D eigenvalue weighted by molar-refractivity contribution is 5.99. The number of primary amides is 2. The number of hydrogen-bond donors (Lipinski definition) is 2. The molecule has 1 saturated heterocycles. The number of amides is 3. The molecule has 0 saturated carbocycles. The molecule has 0 spiro atoms. The molecular formula is C13H20N3O5. The van der Waals surface area contributed by atoms with Gasteiger partial charge in [0, 0.05) is 19.4 Å². The molecule has 3 amide bonds. The van der Waals surface area contributed by atoms with Gasteiger partial charge in [0.25, 0.3) is 0 Å². The standard InChI is InChI=1S/C13H20N3O5/c1-7(12(14)19)4-3-5-9(18)16(2)10-8(17)6-21-11(10)13(15)20/h5,7,10-11H,3-4,6H2,1-2H3,(H2,14,19)(H2,15,20). The third-order valence-corrected chi connectivity index (χ3v) is 3.47. The van der Waals surface area contributed by atoms with Crippen LogP contribution in [0, 0.1) is 12.3 Å². The summed E-state index contributed by atoms with van der Waals surface area (Å²) in [5.41, 5.74) is 10.3. The lowest BCUT2D eigenvalue weighted by Gasteiger charge is -2.25. The summed E-state index contributed by atoms with van der Waals surface area (Å²) in [6, 6.07) is -1.00. The second kappa shape index (κ2) is 7.16. The van der Waals surface area contributed by atoms with Crippen LogP contribution < -0.4 is 11.5 Å². The minimum atomic E-state index is -1.12. The van der Waals surface area contributed by atoms with Gasteiger partial charge >= 0.3 is 0 Å². The summed E-state index contributed by atoms with van der Waals surface area (Å²) in [6.45, 7) is 1.43. The Morgan fingerprint density at radius 3 is 2.57 bits per heavy atom. The van der Waals surface area contributed by atoms with E-state index in [-0.39, 0.29) is 18.3 Å². The van der Waals surface area contributed by atoms with Gasteiger partial charge < -0.3 is 21.1 Å². The first-order valence-electron chi connectivity index (χ1n) is 6.58. The smallest absolute Gasteiger partial charge is 0.249 e. The Hall–Kier alpha value is -1.96. The van der Waals surface area contributed by atoms with Crippen molar-refractivity contribution in [1.82, 2.24) is 4.90 Å². The van der Waals surface area contributed by atoms with Crippen molar-refractivity contribution in [2.45, 2.75) is 31.9 Å². The molecule has 0 aromatic rings. The largest absolute Gasteiger partial charge is 0.369 e. The number of Topliss-reactive ketones (excluding diaryl/α,β-unsaturated/α-hetero) is 1. The number of likely N-dealkylation sites (N-methyl/N-ethyl adjacent to an activating group) is 1. The fourth-order valence-corrected chi connectivity index (χ4v) is 2.05. The van der Waals surface area contributed by atoms with Gasteiger partial charge in [0.15, 0.2) is 11.9 Å². The molecule has 8 heteroatoms. The minimum Gasteiger partial charge on any atom is -0.369 e. The lowest BCUT2D eigenvalue weighted by Crippen LogP contribution is -2.50. The van der Waals surface area contributed by atoms with Gasteiger partial charge in [-0.05, 0) is 12.8 Å². The van der Waals surface area contributed by atoms with Crippen molar-refractivity contribution in [3.63, 3.8) is 0 Å². The number of carbonyl (C=O) groups excluding carboxylic acids is 4. The number of ketones is 1. The quantitative estimate of drug-likeness (QED) is 0.582. The second-order valence-electron chi connectivity index (χ2n) is 5.08. The van der Waals surface area contributed by atoms with Crippen molar-refractivity contribution < 1.29 is 23.9 Å². The Bertz CT molecular complexity index is 451. The molecule has 1 rings (SSSR count). The predicted molar refractivity (Wildman–Crippen MR) is 72.4 cm³/mol. The number of ether oxygens (including phenoxy) is 1. The Balaban J connectivity index is 2.55. The van der Waals surface area contributed by atoms with Gasteiger partial charge in [0.2, 0.25) is 17.7 Å². The van der Waals surface area contributed by atoms with Crippen molar-refractivity contribution in [1.29, 1.82) is 0 Å². The number of nitrogens with two attached hydrogens (primary N) is 2. The van der Waals surface area contributed by atoms with Crippen LogP contribution in [0.4, 0.5) is 0 Å². The van der Waals surface area contributed by atoms with Crippen LogP contribution >= 0.6 is 0 Å². The Morgan fingerprint density at radius 2 is 2.05 bits per heavy atom. The van der Waals surface area contributed by atoms with Crippen LogP contribution in [0.25, 0.3) is 0 Å². The highest BCUT2D eigenvalue weighted by atomic mass is 16.5. The van der Waals surface area contributed by atoms with Crippen LogP contribution in [0.15, 0.2) is 0 Å². The van der Waals surface area contributed by atoms with Crippen molar-refractivity contribution in [3.05, 3.63) is 6.42 Å². The van der Waals surface area contributed by atoms with Crippen LogP contribution in [-0.4, -0.2) is 54.2 Å². The summed E-state index contributed by atoms with van der Waals surface area (Å²) in [6.07, 6.45) is 1.01. The van der Waals surface area contributed by atoms with E-state index in [2.05, 4.69) is 0 Å². The van der Waals surface area contributed by atoms with E-state index in [1.54, 1.807) is 6.92 Å². The van der Waals surface area contributed by atoms with Crippen molar-refractivity contribution in [3.8, 4) is 0 Å². The fraction of sp³-hybridized carbons (Fsp3) is 0.615.